The number of aromatic nitrogens is 1. The average Bonchev–Trinajstić information content (AvgIpc) is 2.45. The molecule has 2 unspecified atom stereocenters. The third kappa shape index (κ3) is 3.71. The monoisotopic (exact) mass is 293 g/mol. The molecule has 1 saturated heterocycles. The summed E-state index contributed by atoms with van der Waals surface area (Å²) in [5.41, 5.74) is 7.14. The number of anilines is 1. The minimum absolute atomic E-state index is 0.0934. The van der Waals surface area contributed by atoms with Crippen LogP contribution in [0.2, 0.25) is 0 Å². The van der Waals surface area contributed by atoms with E-state index in [0.717, 1.165) is 5.69 Å². The Balaban J connectivity index is 2.23. The third-order valence-electron chi connectivity index (χ3n) is 3.52. The summed E-state index contributed by atoms with van der Waals surface area (Å²) in [5, 5.41) is 9.25. The van der Waals surface area contributed by atoms with Gasteiger partial charge in [-0.3, -0.25) is 4.79 Å². The van der Waals surface area contributed by atoms with E-state index in [1.165, 1.54) is 0 Å². The van der Waals surface area contributed by atoms with Crippen molar-refractivity contribution >= 4 is 11.7 Å². The van der Waals surface area contributed by atoms with Crippen molar-refractivity contribution in [2.45, 2.75) is 38.9 Å². The van der Waals surface area contributed by atoms with Gasteiger partial charge < -0.3 is 20.5 Å². The molecule has 21 heavy (non-hydrogen) atoms. The number of amides is 1. The van der Waals surface area contributed by atoms with Gasteiger partial charge in [0.1, 0.15) is 5.82 Å². The Hall–Kier alpha value is -1.66. The Bertz CT molecular complexity index is 519. The standard InChI is InChI=1S/C15H23N3O3/c1-9(2)13-4-11(5-14(16)17-13)15(20)18-6-10(3)21-12(7-18)8-19/h4-5,9-10,12,19H,6-8H2,1-3H3,(H2,16,17). The van der Waals surface area contributed by atoms with Crippen LogP contribution in [0.4, 0.5) is 5.82 Å². The molecule has 0 spiro atoms. The average molecular weight is 293 g/mol. The van der Waals surface area contributed by atoms with Crippen LogP contribution in [0, 0.1) is 0 Å². The molecule has 116 valence electrons. The molecule has 3 N–H and O–H groups in total. The summed E-state index contributed by atoms with van der Waals surface area (Å²) in [5.74, 6) is 0.456. The van der Waals surface area contributed by atoms with E-state index in [0.29, 0.717) is 24.5 Å². The first kappa shape index (κ1) is 15.7. The predicted octanol–water partition coefficient (Wildman–Crippen LogP) is 1.01. The Kier molecular flexibility index (Phi) is 4.80. The number of hydrogen-bond donors (Lipinski definition) is 2. The molecule has 1 amide bonds. The number of nitrogens with zero attached hydrogens (tertiary/aromatic N) is 2. The summed E-state index contributed by atoms with van der Waals surface area (Å²) in [4.78, 5) is 18.6. The molecule has 1 aliphatic rings. The molecule has 0 aliphatic carbocycles. The quantitative estimate of drug-likeness (QED) is 0.868. The first-order valence-corrected chi connectivity index (χ1v) is 7.23. The van der Waals surface area contributed by atoms with Crippen molar-refractivity contribution in [3.63, 3.8) is 0 Å². The Morgan fingerprint density at radius 1 is 1.52 bits per heavy atom. The molecule has 2 rings (SSSR count). The van der Waals surface area contributed by atoms with Gasteiger partial charge in [-0.1, -0.05) is 13.8 Å². The lowest BCUT2D eigenvalue weighted by Gasteiger charge is -2.36. The van der Waals surface area contributed by atoms with Gasteiger partial charge in [0.15, 0.2) is 0 Å². The highest BCUT2D eigenvalue weighted by Gasteiger charge is 2.29. The normalized spacial score (nSPS) is 22.6. The number of rotatable bonds is 3. The van der Waals surface area contributed by atoms with E-state index < -0.39 is 0 Å². The summed E-state index contributed by atoms with van der Waals surface area (Å²) in [6.45, 7) is 6.71. The smallest absolute Gasteiger partial charge is 0.254 e. The number of nitrogen functional groups attached to an aromatic ring is 1. The van der Waals surface area contributed by atoms with Crippen molar-refractivity contribution < 1.29 is 14.6 Å². The maximum atomic E-state index is 12.6. The van der Waals surface area contributed by atoms with Gasteiger partial charge in [-0.25, -0.2) is 4.98 Å². The van der Waals surface area contributed by atoms with E-state index in [1.54, 1.807) is 17.0 Å². The number of ether oxygens (including phenoxy) is 1. The fourth-order valence-electron chi connectivity index (χ4n) is 2.49. The van der Waals surface area contributed by atoms with Crippen LogP contribution in [0.1, 0.15) is 42.7 Å². The van der Waals surface area contributed by atoms with E-state index in [9.17, 15) is 9.90 Å². The highest BCUT2D eigenvalue weighted by Crippen LogP contribution is 2.19. The van der Waals surface area contributed by atoms with Crippen LogP contribution in [0.15, 0.2) is 12.1 Å². The predicted molar refractivity (Wildman–Crippen MR) is 80.1 cm³/mol. The fraction of sp³-hybridized carbons (Fsp3) is 0.600. The first-order chi connectivity index (χ1) is 9.90. The molecule has 1 aliphatic heterocycles. The molecule has 1 aromatic rings. The van der Waals surface area contributed by atoms with Crippen LogP contribution >= 0.6 is 0 Å². The number of aliphatic hydroxyl groups is 1. The molecule has 1 aromatic heterocycles. The van der Waals surface area contributed by atoms with Gasteiger partial charge in [0.05, 0.1) is 18.8 Å². The molecule has 2 heterocycles. The van der Waals surface area contributed by atoms with E-state index in [-0.39, 0.29) is 30.6 Å². The van der Waals surface area contributed by atoms with Gasteiger partial charge in [0.25, 0.3) is 5.91 Å². The van der Waals surface area contributed by atoms with Crippen molar-refractivity contribution in [1.29, 1.82) is 0 Å². The minimum atomic E-state index is -0.332. The van der Waals surface area contributed by atoms with Crippen molar-refractivity contribution in [2.24, 2.45) is 0 Å². The Morgan fingerprint density at radius 2 is 2.24 bits per heavy atom. The molecule has 6 nitrogen and oxygen atoms in total. The highest BCUT2D eigenvalue weighted by molar-refractivity contribution is 5.95. The third-order valence-corrected chi connectivity index (χ3v) is 3.52. The molecular weight excluding hydrogens is 270 g/mol. The Labute approximate surface area is 124 Å². The number of carbonyl (C=O) groups is 1. The maximum Gasteiger partial charge on any atom is 0.254 e. The summed E-state index contributed by atoms with van der Waals surface area (Å²) in [6, 6.07) is 3.39. The van der Waals surface area contributed by atoms with Crippen LogP contribution < -0.4 is 5.73 Å². The second-order valence-electron chi connectivity index (χ2n) is 5.82. The molecule has 0 radical (unpaired) electrons. The largest absolute Gasteiger partial charge is 0.394 e. The lowest BCUT2D eigenvalue weighted by atomic mass is 10.1. The fourth-order valence-corrected chi connectivity index (χ4v) is 2.49. The highest BCUT2D eigenvalue weighted by atomic mass is 16.5. The SMILES string of the molecule is CC1CN(C(=O)c2cc(N)nc(C(C)C)c2)CC(CO)O1. The van der Waals surface area contributed by atoms with Gasteiger partial charge in [0, 0.05) is 24.3 Å². The Morgan fingerprint density at radius 3 is 2.86 bits per heavy atom. The van der Waals surface area contributed by atoms with Crippen LogP contribution in [-0.4, -0.2) is 52.8 Å². The number of pyridine rings is 1. The van der Waals surface area contributed by atoms with Gasteiger partial charge in [0.2, 0.25) is 0 Å². The van der Waals surface area contributed by atoms with Crippen LogP contribution in [0.3, 0.4) is 0 Å². The summed E-state index contributed by atoms with van der Waals surface area (Å²) in [6.07, 6.45) is -0.426. The van der Waals surface area contributed by atoms with E-state index in [4.69, 9.17) is 10.5 Å². The van der Waals surface area contributed by atoms with Crippen LogP contribution in [0.25, 0.3) is 0 Å². The second-order valence-corrected chi connectivity index (χ2v) is 5.82. The summed E-state index contributed by atoms with van der Waals surface area (Å²) >= 11 is 0. The van der Waals surface area contributed by atoms with Crippen molar-refractivity contribution in [3.8, 4) is 0 Å². The van der Waals surface area contributed by atoms with Crippen molar-refractivity contribution in [2.75, 3.05) is 25.4 Å². The number of aliphatic hydroxyl groups excluding tert-OH is 1. The van der Waals surface area contributed by atoms with Gasteiger partial charge >= 0.3 is 0 Å². The number of carbonyl (C=O) groups excluding carboxylic acids is 1. The number of morpholine rings is 1. The summed E-state index contributed by atoms with van der Waals surface area (Å²) in [7, 11) is 0. The van der Waals surface area contributed by atoms with Crippen molar-refractivity contribution in [1.82, 2.24) is 9.88 Å². The van der Waals surface area contributed by atoms with E-state index in [1.807, 2.05) is 20.8 Å². The number of hydrogen-bond acceptors (Lipinski definition) is 5. The zero-order chi connectivity index (χ0) is 15.6. The topological polar surface area (TPSA) is 88.7 Å². The van der Waals surface area contributed by atoms with Crippen LogP contribution in [-0.2, 0) is 4.74 Å². The van der Waals surface area contributed by atoms with Gasteiger partial charge in [-0.05, 0) is 25.0 Å². The van der Waals surface area contributed by atoms with Crippen LogP contribution in [0.5, 0.6) is 0 Å². The van der Waals surface area contributed by atoms with E-state index >= 15 is 0 Å². The molecule has 6 heteroatoms. The molecule has 0 aromatic carbocycles. The minimum Gasteiger partial charge on any atom is -0.394 e. The van der Waals surface area contributed by atoms with Crippen molar-refractivity contribution in [3.05, 3.63) is 23.4 Å². The molecule has 0 bridgehead atoms. The lowest BCUT2D eigenvalue weighted by Crippen LogP contribution is -2.50. The zero-order valence-corrected chi connectivity index (χ0v) is 12.7. The van der Waals surface area contributed by atoms with Gasteiger partial charge in [-0.15, -0.1) is 0 Å². The maximum absolute atomic E-state index is 12.6. The summed E-state index contributed by atoms with van der Waals surface area (Å²) < 4.78 is 5.56. The molecule has 2 atom stereocenters. The molecule has 1 fully saturated rings. The molecular formula is C15H23N3O3. The lowest BCUT2D eigenvalue weighted by molar-refractivity contribution is -0.0858. The first-order valence-electron chi connectivity index (χ1n) is 7.23. The molecule has 0 saturated carbocycles. The zero-order valence-electron chi connectivity index (χ0n) is 12.7. The second kappa shape index (κ2) is 6.41. The van der Waals surface area contributed by atoms with E-state index in [2.05, 4.69) is 4.98 Å². The van der Waals surface area contributed by atoms with Gasteiger partial charge in [-0.2, -0.15) is 0 Å². The number of nitrogens with two attached hydrogens (primary N) is 1.